The van der Waals surface area contributed by atoms with Crippen molar-refractivity contribution in [3.8, 4) is 11.8 Å². The molecule has 0 atom stereocenters. The van der Waals surface area contributed by atoms with Gasteiger partial charge in [-0.15, -0.1) is 0 Å². The molecule has 2 aromatic carbocycles. The number of para-hydroxylation sites is 1. The molecule has 0 spiro atoms. The average molecular weight is 403 g/mol. The Labute approximate surface area is 176 Å². The van der Waals surface area contributed by atoms with E-state index in [2.05, 4.69) is 48.3 Å². The Kier molecular flexibility index (Phi) is 7.12. The van der Waals surface area contributed by atoms with E-state index >= 15 is 0 Å². The van der Waals surface area contributed by atoms with Crippen molar-refractivity contribution < 1.29 is 13.9 Å². The first kappa shape index (κ1) is 21.0. The van der Waals surface area contributed by atoms with Crippen LogP contribution in [0.15, 0.2) is 65.1 Å². The van der Waals surface area contributed by atoms with E-state index in [1.165, 1.54) is 5.56 Å². The Morgan fingerprint density at radius 2 is 2.00 bits per heavy atom. The van der Waals surface area contributed by atoms with Crippen molar-refractivity contribution in [2.75, 3.05) is 24.5 Å². The van der Waals surface area contributed by atoms with Gasteiger partial charge in [-0.25, -0.2) is 0 Å². The molecular weight excluding hydrogens is 378 g/mol. The predicted octanol–water partition coefficient (Wildman–Crippen LogP) is 4.30. The summed E-state index contributed by atoms with van der Waals surface area (Å²) < 4.78 is 11.2. The molecule has 0 aliphatic heterocycles. The molecule has 1 aromatic heterocycles. The van der Waals surface area contributed by atoms with Crippen LogP contribution < -0.4 is 15.0 Å². The second-order valence-corrected chi connectivity index (χ2v) is 6.84. The number of amides is 1. The van der Waals surface area contributed by atoms with Gasteiger partial charge in [0.15, 0.2) is 5.76 Å². The summed E-state index contributed by atoms with van der Waals surface area (Å²) in [6.07, 6.45) is 0. The molecule has 30 heavy (non-hydrogen) atoms. The lowest BCUT2D eigenvalue weighted by Gasteiger charge is -2.23. The van der Waals surface area contributed by atoms with Crippen LogP contribution in [0.4, 0.5) is 5.69 Å². The number of aryl methyl sites for hydroxylation is 1. The molecule has 6 heteroatoms. The molecule has 0 radical (unpaired) electrons. The highest BCUT2D eigenvalue weighted by molar-refractivity contribution is 5.91. The Balaban J connectivity index is 1.50. The minimum Gasteiger partial charge on any atom is -0.484 e. The van der Waals surface area contributed by atoms with Crippen LogP contribution in [0.2, 0.25) is 0 Å². The summed E-state index contributed by atoms with van der Waals surface area (Å²) in [5, 5.41) is 12.0. The first-order chi connectivity index (χ1) is 14.6. The van der Waals surface area contributed by atoms with Gasteiger partial charge in [0.1, 0.15) is 24.2 Å². The number of nitriles is 1. The smallest absolute Gasteiger partial charge is 0.287 e. The largest absolute Gasteiger partial charge is 0.484 e. The van der Waals surface area contributed by atoms with Crippen LogP contribution in [-0.2, 0) is 6.61 Å². The number of benzene rings is 2. The van der Waals surface area contributed by atoms with E-state index in [0.29, 0.717) is 30.2 Å². The number of carbonyl (C=O) groups excluding carboxylic acids is 1. The monoisotopic (exact) mass is 403 g/mol. The zero-order valence-electron chi connectivity index (χ0n) is 17.2. The highest BCUT2D eigenvalue weighted by Gasteiger charge is 2.13. The minimum atomic E-state index is -0.265. The quantitative estimate of drug-likeness (QED) is 0.576. The third kappa shape index (κ3) is 5.42. The second-order valence-electron chi connectivity index (χ2n) is 6.84. The molecule has 0 aliphatic carbocycles. The molecule has 0 aliphatic rings. The molecule has 0 saturated carbocycles. The van der Waals surface area contributed by atoms with Gasteiger partial charge < -0.3 is 19.4 Å². The molecule has 1 amide bonds. The molecule has 1 N–H and O–H groups in total. The maximum atomic E-state index is 12.4. The van der Waals surface area contributed by atoms with Crippen molar-refractivity contribution in [3.63, 3.8) is 0 Å². The fourth-order valence-corrected chi connectivity index (χ4v) is 3.10. The van der Waals surface area contributed by atoms with Gasteiger partial charge in [0.05, 0.1) is 5.56 Å². The van der Waals surface area contributed by atoms with Crippen molar-refractivity contribution in [2.45, 2.75) is 20.5 Å². The normalized spacial score (nSPS) is 10.3. The highest BCUT2D eigenvalue weighted by Crippen LogP contribution is 2.19. The van der Waals surface area contributed by atoms with Crippen molar-refractivity contribution in [2.24, 2.45) is 0 Å². The first-order valence-corrected chi connectivity index (χ1v) is 9.91. The minimum absolute atomic E-state index is 0.142. The Morgan fingerprint density at radius 1 is 1.17 bits per heavy atom. The second kappa shape index (κ2) is 10.2. The average Bonchev–Trinajstić information content (AvgIpc) is 3.24. The van der Waals surface area contributed by atoms with Gasteiger partial charge >= 0.3 is 0 Å². The van der Waals surface area contributed by atoms with Gasteiger partial charge in [-0.3, -0.25) is 4.79 Å². The maximum absolute atomic E-state index is 12.4. The van der Waals surface area contributed by atoms with E-state index in [1.54, 1.807) is 36.4 Å². The van der Waals surface area contributed by atoms with E-state index < -0.39 is 0 Å². The van der Waals surface area contributed by atoms with E-state index in [0.717, 1.165) is 12.2 Å². The van der Waals surface area contributed by atoms with Gasteiger partial charge in [-0.05, 0) is 55.8 Å². The molecule has 154 valence electrons. The number of likely N-dealkylation sites (N-methyl/N-ethyl adjacent to an activating group) is 1. The summed E-state index contributed by atoms with van der Waals surface area (Å²) in [6.45, 7) is 6.36. The molecule has 3 rings (SSSR count). The molecule has 3 aromatic rings. The van der Waals surface area contributed by atoms with Gasteiger partial charge in [0.2, 0.25) is 0 Å². The number of nitrogens with one attached hydrogen (secondary N) is 1. The standard InChI is InChI=1S/C24H25N3O3/c1-3-27(20-9-6-7-18(2)15-20)14-13-26-24(28)23-12-11-21(30-23)17-29-22-10-5-4-8-19(22)16-25/h4-12,15H,3,13-14,17H2,1-2H3,(H,26,28). The van der Waals surface area contributed by atoms with Crippen LogP contribution in [0.1, 0.15) is 34.4 Å². The number of hydrogen-bond donors (Lipinski definition) is 1. The van der Waals surface area contributed by atoms with Crippen molar-refractivity contribution >= 4 is 11.6 Å². The van der Waals surface area contributed by atoms with Gasteiger partial charge in [0, 0.05) is 25.3 Å². The summed E-state index contributed by atoms with van der Waals surface area (Å²) in [5.74, 6) is 0.973. The van der Waals surface area contributed by atoms with Crippen molar-refractivity contribution in [1.29, 1.82) is 5.26 Å². The number of furan rings is 1. The third-order valence-electron chi connectivity index (χ3n) is 4.68. The summed E-state index contributed by atoms with van der Waals surface area (Å²) >= 11 is 0. The van der Waals surface area contributed by atoms with Crippen LogP contribution in [0, 0.1) is 18.3 Å². The lowest BCUT2D eigenvalue weighted by atomic mass is 10.2. The molecule has 0 unspecified atom stereocenters. The Hall–Kier alpha value is -3.72. The predicted molar refractivity (Wildman–Crippen MR) is 116 cm³/mol. The van der Waals surface area contributed by atoms with Crippen molar-refractivity contribution in [3.05, 3.63) is 83.3 Å². The molecule has 0 saturated heterocycles. The van der Waals surface area contributed by atoms with E-state index in [9.17, 15) is 4.79 Å². The van der Waals surface area contributed by atoms with Gasteiger partial charge in [-0.2, -0.15) is 5.26 Å². The number of ether oxygens (including phenoxy) is 1. The fraction of sp³-hybridized carbons (Fsp3) is 0.250. The van der Waals surface area contributed by atoms with Crippen LogP contribution in [0.25, 0.3) is 0 Å². The maximum Gasteiger partial charge on any atom is 0.287 e. The summed E-state index contributed by atoms with van der Waals surface area (Å²) in [5.41, 5.74) is 2.80. The topological polar surface area (TPSA) is 78.5 Å². The molecular formula is C24H25N3O3. The highest BCUT2D eigenvalue weighted by atomic mass is 16.5. The van der Waals surface area contributed by atoms with Gasteiger partial charge in [0.25, 0.3) is 5.91 Å². The molecule has 1 heterocycles. The summed E-state index contributed by atoms with van der Waals surface area (Å²) in [7, 11) is 0. The molecule has 0 fully saturated rings. The van der Waals surface area contributed by atoms with Crippen molar-refractivity contribution in [1.82, 2.24) is 5.32 Å². The van der Waals surface area contributed by atoms with Crippen LogP contribution in [-0.4, -0.2) is 25.5 Å². The third-order valence-corrected chi connectivity index (χ3v) is 4.68. The number of carbonyl (C=O) groups is 1. The zero-order chi connectivity index (χ0) is 21.3. The summed E-state index contributed by atoms with van der Waals surface area (Å²) in [4.78, 5) is 14.6. The summed E-state index contributed by atoms with van der Waals surface area (Å²) in [6, 6.07) is 20.7. The van der Waals surface area contributed by atoms with E-state index in [-0.39, 0.29) is 18.3 Å². The van der Waals surface area contributed by atoms with Crippen LogP contribution in [0.3, 0.4) is 0 Å². The SMILES string of the molecule is CCN(CCNC(=O)c1ccc(COc2ccccc2C#N)o1)c1cccc(C)c1. The molecule has 6 nitrogen and oxygen atoms in total. The zero-order valence-corrected chi connectivity index (χ0v) is 17.2. The first-order valence-electron chi connectivity index (χ1n) is 9.91. The van der Waals surface area contributed by atoms with E-state index in [1.807, 2.05) is 6.07 Å². The van der Waals surface area contributed by atoms with Gasteiger partial charge in [-0.1, -0.05) is 24.3 Å². The fourth-order valence-electron chi connectivity index (χ4n) is 3.10. The number of anilines is 1. The number of hydrogen-bond acceptors (Lipinski definition) is 5. The van der Waals surface area contributed by atoms with Crippen LogP contribution >= 0.6 is 0 Å². The van der Waals surface area contributed by atoms with E-state index in [4.69, 9.17) is 14.4 Å². The number of nitrogens with zero attached hydrogens (tertiary/aromatic N) is 2. The Morgan fingerprint density at radius 3 is 2.77 bits per heavy atom. The van der Waals surface area contributed by atoms with Crippen LogP contribution in [0.5, 0.6) is 5.75 Å². The lowest BCUT2D eigenvalue weighted by molar-refractivity contribution is 0.0923. The Bertz CT molecular complexity index is 1040. The number of rotatable bonds is 9. The molecule has 0 bridgehead atoms. The lowest BCUT2D eigenvalue weighted by Crippen LogP contribution is -2.34.